The van der Waals surface area contributed by atoms with Gasteiger partial charge in [-0.15, -0.1) is 0 Å². The molecule has 0 atom stereocenters. The average Bonchev–Trinajstić information content (AvgIpc) is 2.77. The smallest absolute Gasteiger partial charge is 0.174 e. The maximum atomic E-state index is 15.0. The van der Waals surface area contributed by atoms with Crippen molar-refractivity contribution in [2.24, 2.45) is 0 Å². The van der Waals surface area contributed by atoms with E-state index in [4.69, 9.17) is 23.2 Å². The Bertz CT molecular complexity index is 1230. The van der Waals surface area contributed by atoms with Gasteiger partial charge in [-0.3, -0.25) is 0 Å². The monoisotopic (exact) mass is 580 g/mol. The molecule has 0 radical (unpaired) electrons. The standard InChI is InChI=1S/C22H13Br2Cl2N2OP/c23-17-12-27-19(25)11-16(17)20-18(24)13-28-22(26)21(20)30(29,14-7-3-1-4-8-14)15-9-5-2-6-10-15/h1-13H. The van der Waals surface area contributed by atoms with Gasteiger partial charge in [-0.05, 0) is 37.9 Å². The number of hydrogen-bond acceptors (Lipinski definition) is 3. The van der Waals surface area contributed by atoms with Gasteiger partial charge in [-0.25, -0.2) is 9.97 Å². The third-order valence-corrected chi connectivity index (χ3v) is 9.58. The second-order valence-electron chi connectivity index (χ2n) is 6.39. The lowest BCUT2D eigenvalue weighted by Crippen LogP contribution is -2.28. The maximum absolute atomic E-state index is 15.0. The summed E-state index contributed by atoms with van der Waals surface area (Å²) in [5.41, 5.74) is 1.37. The van der Waals surface area contributed by atoms with E-state index < -0.39 is 7.14 Å². The highest BCUT2D eigenvalue weighted by atomic mass is 79.9. The van der Waals surface area contributed by atoms with Crippen molar-refractivity contribution in [2.45, 2.75) is 0 Å². The molecule has 0 unspecified atom stereocenters. The molecule has 0 amide bonds. The van der Waals surface area contributed by atoms with Gasteiger partial charge in [0.25, 0.3) is 0 Å². The van der Waals surface area contributed by atoms with Crippen LogP contribution in [0.4, 0.5) is 0 Å². The van der Waals surface area contributed by atoms with Crippen LogP contribution in [-0.2, 0) is 4.57 Å². The fourth-order valence-electron chi connectivity index (χ4n) is 3.29. The zero-order chi connectivity index (χ0) is 21.3. The molecule has 0 fully saturated rings. The number of halogens is 4. The minimum atomic E-state index is -3.39. The molecule has 2 aromatic heterocycles. The van der Waals surface area contributed by atoms with Crippen molar-refractivity contribution < 1.29 is 4.57 Å². The predicted molar refractivity (Wildman–Crippen MR) is 132 cm³/mol. The molecule has 3 nitrogen and oxygen atoms in total. The van der Waals surface area contributed by atoms with Gasteiger partial charge < -0.3 is 4.57 Å². The van der Waals surface area contributed by atoms with Gasteiger partial charge >= 0.3 is 0 Å². The molecule has 0 saturated carbocycles. The number of hydrogen-bond donors (Lipinski definition) is 0. The number of pyridine rings is 2. The highest BCUT2D eigenvalue weighted by Crippen LogP contribution is 2.49. The number of aromatic nitrogens is 2. The molecule has 30 heavy (non-hydrogen) atoms. The van der Waals surface area contributed by atoms with Crippen LogP contribution >= 0.6 is 62.2 Å². The maximum Gasteiger partial charge on any atom is 0.174 e. The van der Waals surface area contributed by atoms with Crippen LogP contribution in [0, 0.1) is 0 Å². The summed E-state index contributed by atoms with van der Waals surface area (Å²) < 4.78 is 16.3. The second-order valence-corrected chi connectivity index (χ2v) is 11.5. The lowest BCUT2D eigenvalue weighted by Gasteiger charge is -2.24. The summed E-state index contributed by atoms with van der Waals surface area (Å²) in [4.78, 5) is 8.43. The fraction of sp³-hybridized carbons (Fsp3) is 0. The largest absolute Gasteiger partial charge is 0.308 e. The zero-order valence-corrected chi connectivity index (χ0v) is 20.8. The van der Waals surface area contributed by atoms with Gasteiger partial charge in [0, 0.05) is 43.1 Å². The van der Waals surface area contributed by atoms with E-state index in [1.807, 2.05) is 60.7 Å². The van der Waals surface area contributed by atoms with Gasteiger partial charge in [0.15, 0.2) is 7.14 Å². The van der Waals surface area contributed by atoms with E-state index in [9.17, 15) is 4.57 Å². The first-order valence-electron chi connectivity index (χ1n) is 8.80. The van der Waals surface area contributed by atoms with Gasteiger partial charge in [0.2, 0.25) is 0 Å². The van der Waals surface area contributed by atoms with Crippen molar-refractivity contribution in [3.05, 3.63) is 98.4 Å². The normalized spacial score (nSPS) is 11.5. The summed E-state index contributed by atoms with van der Waals surface area (Å²) in [6.07, 6.45) is 3.21. The van der Waals surface area contributed by atoms with Gasteiger partial charge in [-0.2, -0.15) is 0 Å². The number of nitrogens with zero attached hydrogens (tertiary/aromatic N) is 2. The van der Waals surface area contributed by atoms with Crippen molar-refractivity contribution in [3.63, 3.8) is 0 Å². The van der Waals surface area contributed by atoms with Crippen molar-refractivity contribution in [1.29, 1.82) is 0 Å². The lowest BCUT2D eigenvalue weighted by molar-refractivity contribution is 0.592. The molecule has 0 N–H and O–H groups in total. The van der Waals surface area contributed by atoms with E-state index in [2.05, 4.69) is 41.8 Å². The minimum absolute atomic E-state index is 0.170. The van der Waals surface area contributed by atoms with E-state index in [0.717, 1.165) is 0 Å². The Morgan fingerprint density at radius 3 is 1.87 bits per heavy atom. The van der Waals surface area contributed by atoms with E-state index >= 15 is 0 Å². The Morgan fingerprint density at radius 1 is 0.767 bits per heavy atom. The second kappa shape index (κ2) is 8.94. The summed E-state index contributed by atoms with van der Waals surface area (Å²) in [7, 11) is -3.39. The van der Waals surface area contributed by atoms with Gasteiger partial charge in [-0.1, -0.05) is 83.9 Å². The Morgan fingerprint density at radius 2 is 1.30 bits per heavy atom. The summed E-state index contributed by atoms with van der Waals surface area (Å²) in [5, 5.41) is 2.25. The van der Waals surface area contributed by atoms with Crippen LogP contribution in [0.2, 0.25) is 10.3 Å². The highest BCUT2D eigenvalue weighted by Gasteiger charge is 2.36. The molecule has 0 aliphatic heterocycles. The highest BCUT2D eigenvalue weighted by molar-refractivity contribution is 9.11. The molecular formula is C22H13Br2Cl2N2OP. The first-order chi connectivity index (χ1) is 14.4. The molecule has 4 rings (SSSR count). The Labute approximate surface area is 201 Å². The molecule has 0 spiro atoms. The van der Waals surface area contributed by atoms with Crippen LogP contribution < -0.4 is 15.9 Å². The Hall–Kier alpha value is -1.49. The van der Waals surface area contributed by atoms with Crippen LogP contribution in [0.3, 0.4) is 0 Å². The molecule has 2 heterocycles. The van der Waals surface area contributed by atoms with Crippen molar-refractivity contribution in [1.82, 2.24) is 9.97 Å². The Balaban J connectivity index is 2.16. The molecule has 150 valence electrons. The summed E-state index contributed by atoms with van der Waals surface area (Å²) in [6, 6.07) is 20.4. The van der Waals surface area contributed by atoms with Crippen molar-refractivity contribution in [3.8, 4) is 11.1 Å². The topological polar surface area (TPSA) is 42.9 Å². The van der Waals surface area contributed by atoms with Crippen molar-refractivity contribution in [2.75, 3.05) is 0 Å². The molecule has 0 bridgehead atoms. The van der Waals surface area contributed by atoms with Crippen LogP contribution in [-0.4, -0.2) is 9.97 Å². The molecule has 0 saturated heterocycles. The third kappa shape index (κ3) is 3.90. The van der Waals surface area contributed by atoms with Crippen LogP contribution in [0.5, 0.6) is 0 Å². The van der Waals surface area contributed by atoms with Crippen LogP contribution in [0.15, 0.2) is 88.1 Å². The lowest BCUT2D eigenvalue weighted by atomic mass is 10.1. The van der Waals surface area contributed by atoms with E-state index in [1.54, 1.807) is 18.5 Å². The van der Waals surface area contributed by atoms with Crippen molar-refractivity contribution >= 4 is 78.1 Å². The quantitative estimate of drug-likeness (QED) is 0.201. The first kappa shape index (κ1) is 21.7. The zero-order valence-electron chi connectivity index (χ0n) is 15.3. The van der Waals surface area contributed by atoms with Gasteiger partial charge in [0.05, 0.1) is 5.30 Å². The minimum Gasteiger partial charge on any atom is -0.308 e. The SMILES string of the molecule is O=P(c1ccccc1)(c1ccccc1)c1c(Cl)ncc(Br)c1-c1cc(Cl)ncc1Br. The average molecular weight is 583 g/mol. The molecular weight excluding hydrogens is 570 g/mol. The summed E-state index contributed by atoms with van der Waals surface area (Å²) in [5.74, 6) is 0. The third-order valence-electron chi connectivity index (χ3n) is 4.61. The molecule has 4 aromatic rings. The van der Waals surface area contributed by atoms with E-state index in [1.165, 1.54) is 0 Å². The number of benzene rings is 2. The van der Waals surface area contributed by atoms with E-state index in [0.29, 0.717) is 41.1 Å². The first-order valence-corrected chi connectivity index (χ1v) is 12.8. The van der Waals surface area contributed by atoms with Crippen LogP contribution in [0.25, 0.3) is 11.1 Å². The number of rotatable bonds is 4. The Kier molecular flexibility index (Phi) is 6.47. The van der Waals surface area contributed by atoms with E-state index in [-0.39, 0.29) is 5.15 Å². The molecule has 2 aromatic carbocycles. The molecule has 0 aliphatic carbocycles. The fourth-order valence-corrected chi connectivity index (χ4v) is 7.90. The van der Waals surface area contributed by atoms with Gasteiger partial charge in [0.1, 0.15) is 10.3 Å². The molecule has 0 aliphatic rings. The van der Waals surface area contributed by atoms with Crippen LogP contribution in [0.1, 0.15) is 0 Å². The molecule has 8 heteroatoms. The summed E-state index contributed by atoms with van der Waals surface area (Å²) in [6.45, 7) is 0. The predicted octanol–water partition coefficient (Wildman–Crippen LogP) is 6.61. The summed E-state index contributed by atoms with van der Waals surface area (Å²) >= 11 is 20.0.